The average Bonchev–Trinajstić information content (AvgIpc) is 3.22. The van der Waals surface area contributed by atoms with Crippen LogP contribution in [-0.4, -0.2) is 56.2 Å². The van der Waals surface area contributed by atoms with Crippen molar-refractivity contribution in [3.05, 3.63) is 53.9 Å². The lowest BCUT2D eigenvalue weighted by molar-refractivity contribution is -0.117. The zero-order valence-corrected chi connectivity index (χ0v) is 16.5. The molecular weight excluding hydrogens is 372 g/mol. The van der Waals surface area contributed by atoms with Gasteiger partial charge in [-0.3, -0.25) is 0 Å². The second-order valence-corrected chi connectivity index (χ2v) is 7.99. The molecule has 4 N–H and O–H groups in total. The molecule has 1 aliphatic carbocycles. The number of tetrazole rings is 1. The van der Waals surface area contributed by atoms with Gasteiger partial charge >= 0.3 is 6.03 Å². The van der Waals surface area contributed by atoms with Gasteiger partial charge in [0, 0.05) is 17.7 Å². The second-order valence-electron chi connectivity index (χ2n) is 7.99. The van der Waals surface area contributed by atoms with E-state index in [0.29, 0.717) is 17.4 Å². The van der Waals surface area contributed by atoms with Crippen LogP contribution in [0.15, 0.2) is 42.5 Å². The lowest BCUT2D eigenvalue weighted by Gasteiger charge is -2.36. The number of amides is 2. The van der Waals surface area contributed by atoms with Gasteiger partial charge in [0.25, 0.3) is 0 Å². The van der Waals surface area contributed by atoms with Gasteiger partial charge in [0.1, 0.15) is 6.29 Å². The topological polar surface area (TPSA) is 133 Å². The smallest absolute Gasteiger partial charge is 0.315 e. The predicted molar refractivity (Wildman–Crippen MR) is 107 cm³/mol. The van der Waals surface area contributed by atoms with Crippen LogP contribution >= 0.6 is 0 Å². The molecule has 0 aliphatic heterocycles. The molecule has 0 saturated carbocycles. The highest BCUT2D eigenvalue weighted by Crippen LogP contribution is 2.39. The Hall–Kier alpha value is -3.33. The number of benzene rings is 1. The zero-order valence-electron chi connectivity index (χ0n) is 16.5. The average molecular weight is 396 g/mol. The minimum Gasteiger partial charge on any atom is -0.387 e. The molecule has 29 heavy (non-hydrogen) atoms. The molecule has 1 aromatic heterocycles. The number of nitrogens with zero attached hydrogens (tertiary/aromatic N) is 3. The molecule has 9 nitrogen and oxygen atoms in total. The summed E-state index contributed by atoms with van der Waals surface area (Å²) in [7, 11) is 0. The fraction of sp³-hybridized carbons (Fsp3) is 0.350. The molecule has 2 unspecified atom stereocenters. The molecule has 0 saturated heterocycles. The molecule has 0 spiro atoms. The third-order valence-electron chi connectivity index (χ3n) is 4.51. The van der Waals surface area contributed by atoms with Crippen LogP contribution < -0.4 is 10.6 Å². The number of hydrogen-bond donors (Lipinski definition) is 4. The van der Waals surface area contributed by atoms with Crippen LogP contribution in [0.4, 0.5) is 4.79 Å². The lowest BCUT2D eigenvalue weighted by Crippen LogP contribution is -2.52. The summed E-state index contributed by atoms with van der Waals surface area (Å²) in [6.45, 7) is 5.44. The number of carbonyl (C=O) groups excluding carboxylic acids is 2. The fourth-order valence-electron chi connectivity index (χ4n) is 3.14. The van der Waals surface area contributed by atoms with Gasteiger partial charge in [-0.1, -0.05) is 36.4 Å². The number of aldehydes is 1. The van der Waals surface area contributed by atoms with E-state index in [-0.39, 0.29) is 12.4 Å². The largest absolute Gasteiger partial charge is 0.387 e. The van der Waals surface area contributed by atoms with Gasteiger partial charge in [-0.05, 0) is 43.2 Å². The number of aromatic amines is 1. The normalized spacial score (nSPS) is 21.7. The highest BCUT2D eigenvalue weighted by atomic mass is 16.3. The Labute approximate surface area is 168 Å². The third kappa shape index (κ3) is 4.57. The molecule has 0 fully saturated rings. The van der Waals surface area contributed by atoms with E-state index in [4.69, 9.17) is 0 Å². The Kier molecular flexibility index (Phi) is 5.60. The van der Waals surface area contributed by atoms with Gasteiger partial charge in [0.05, 0.1) is 11.5 Å². The first kappa shape index (κ1) is 20.4. The summed E-state index contributed by atoms with van der Waals surface area (Å²) in [4.78, 5) is 24.4. The van der Waals surface area contributed by atoms with Gasteiger partial charge in [-0.15, -0.1) is 10.2 Å². The number of aliphatic hydroxyl groups excluding tert-OH is 1. The number of allylic oxidation sites excluding steroid dienone is 2. The van der Waals surface area contributed by atoms with Crippen LogP contribution in [0.2, 0.25) is 0 Å². The Morgan fingerprint density at radius 1 is 1.31 bits per heavy atom. The Bertz CT molecular complexity index is 931. The predicted octanol–water partition coefficient (Wildman–Crippen LogP) is 1.32. The molecule has 1 aromatic carbocycles. The van der Waals surface area contributed by atoms with Crippen molar-refractivity contribution in [1.29, 1.82) is 0 Å². The molecule has 2 aromatic rings. The maximum atomic E-state index is 12.2. The van der Waals surface area contributed by atoms with Crippen molar-refractivity contribution in [3.63, 3.8) is 0 Å². The van der Waals surface area contributed by atoms with Crippen LogP contribution in [0.1, 0.15) is 32.2 Å². The summed E-state index contributed by atoms with van der Waals surface area (Å²) in [5.41, 5.74) is -0.0411. The Morgan fingerprint density at radius 3 is 2.62 bits per heavy atom. The first-order valence-electron chi connectivity index (χ1n) is 9.18. The summed E-state index contributed by atoms with van der Waals surface area (Å²) in [6, 6.07) is 8.78. The summed E-state index contributed by atoms with van der Waals surface area (Å²) in [5.74, 6) is 0.288. The van der Waals surface area contributed by atoms with Crippen molar-refractivity contribution in [2.75, 3.05) is 6.54 Å². The van der Waals surface area contributed by atoms with Gasteiger partial charge in [-0.25, -0.2) is 4.79 Å². The molecule has 2 amide bonds. The van der Waals surface area contributed by atoms with Gasteiger partial charge in [0.2, 0.25) is 5.82 Å². The van der Waals surface area contributed by atoms with Crippen molar-refractivity contribution in [3.8, 4) is 0 Å². The van der Waals surface area contributed by atoms with Crippen molar-refractivity contribution < 1.29 is 14.7 Å². The van der Waals surface area contributed by atoms with E-state index in [1.165, 1.54) is 0 Å². The number of hydrogen-bond acceptors (Lipinski definition) is 6. The van der Waals surface area contributed by atoms with Crippen LogP contribution in [-0.2, 0) is 4.79 Å². The number of aromatic nitrogens is 4. The summed E-state index contributed by atoms with van der Waals surface area (Å²) in [6.07, 6.45) is 2.76. The van der Waals surface area contributed by atoms with E-state index >= 15 is 0 Å². The number of rotatable bonds is 5. The van der Waals surface area contributed by atoms with Crippen molar-refractivity contribution in [2.24, 2.45) is 5.41 Å². The summed E-state index contributed by atoms with van der Waals surface area (Å²) < 4.78 is 0. The molecular formula is C20H24N6O3. The first-order chi connectivity index (χ1) is 13.7. The summed E-state index contributed by atoms with van der Waals surface area (Å²) >= 11 is 0. The van der Waals surface area contributed by atoms with E-state index in [1.54, 1.807) is 12.2 Å². The van der Waals surface area contributed by atoms with Gasteiger partial charge < -0.3 is 20.5 Å². The van der Waals surface area contributed by atoms with E-state index in [9.17, 15) is 14.7 Å². The zero-order chi connectivity index (χ0) is 21.1. The number of carbonyl (C=O) groups is 2. The van der Waals surface area contributed by atoms with Crippen molar-refractivity contribution in [2.45, 2.75) is 32.4 Å². The number of aliphatic hydroxyl groups is 1. The van der Waals surface area contributed by atoms with Crippen molar-refractivity contribution >= 4 is 23.5 Å². The molecule has 2 atom stereocenters. The highest BCUT2D eigenvalue weighted by molar-refractivity contribution is 5.91. The maximum absolute atomic E-state index is 12.2. The quantitative estimate of drug-likeness (QED) is 0.564. The third-order valence-corrected chi connectivity index (χ3v) is 4.51. The SMILES string of the molecule is CC(C)(C)NC(=O)NCC1(C=O)C=C(c2nn[nH]n2)C=C(c2ccccc2)C1O. The fourth-order valence-corrected chi connectivity index (χ4v) is 3.14. The molecule has 9 heteroatoms. The van der Waals surface area contributed by atoms with Gasteiger partial charge in [0.15, 0.2) is 0 Å². The van der Waals surface area contributed by atoms with Crippen LogP contribution in [0, 0.1) is 5.41 Å². The first-order valence-corrected chi connectivity index (χ1v) is 9.18. The Morgan fingerprint density at radius 2 is 2.03 bits per heavy atom. The van der Waals surface area contributed by atoms with E-state index in [0.717, 1.165) is 5.56 Å². The van der Waals surface area contributed by atoms with Crippen molar-refractivity contribution in [1.82, 2.24) is 31.3 Å². The molecule has 1 heterocycles. The molecule has 0 radical (unpaired) electrons. The van der Waals surface area contributed by atoms with Crippen LogP contribution in [0.3, 0.4) is 0 Å². The van der Waals surface area contributed by atoms with E-state index < -0.39 is 23.1 Å². The monoisotopic (exact) mass is 396 g/mol. The van der Waals surface area contributed by atoms with Crippen LogP contribution in [0.5, 0.6) is 0 Å². The molecule has 1 aliphatic rings. The lowest BCUT2D eigenvalue weighted by atomic mass is 9.72. The minimum atomic E-state index is -1.40. The summed E-state index contributed by atoms with van der Waals surface area (Å²) in [5, 5.41) is 30.5. The second kappa shape index (κ2) is 7.96. The van der Waals surface area contributed by atoms with E-state index in [1.807, 2.05) is 51.1 Å². The highest BCUT2D eigenvalue weighted by Gasteiger charge is 2.42. The number of urea groups is 1. The van der Waals surface area contributed by atoms with Gasteiger partial charge in [-0.2, -0.15) is 5.21 Å². The Balaban J connectivity index is 1.98. The maximum Gasteiger partial charge on any atom is 0.315 e. The number of H-pyrrole nitrogens is 1. The molecule has 3 rings (SSSR count). The van der Waals surface area contributed by atoms with Crippen LogP contribution in [0.25, 0.3) is 11.1 Å². The van der Waals surface area contributed by atoms with E-state index in [2.05, 4.69) is 31.3 Å². The number of nitrogens with one attached hydrogen (secondary N) is 3. The minimum absolute atomic E-state index is 0.106. The molecule has 152 valence electrons. The standard InChI is InChI=1S/C20H24N6O3/c1-19(2,3)22-18(29)21-11-20(12-27)10-14(17-23-25-26-24-17)9-15(16(20)28)13-7-5-4-6-8-13/h4-10,12,16,28H,11H2,1-3H3,(H2,21,22,29)(H,23,24,25,26). The molecule has 0 bridgehead atoms.